The molecule has 5 rings (SSSR count). The maximum absolute atomic E-state index is 13.1. The van der Waals surface area contributed by atoms with Crippen LogP contribution in [0.25, 0.3) is 34.3 Å². The Hall–Kier alpha value is -4.36. The van der Waals surface area contributed by atoms with Gasteiger partial charge in [-0.15, -0.1) is 0 Å². The van der Waals surface area contributed by atoms with E-state index < -0.39 is 17.5 Å². The first kappa shape index (κ1) is 24.3. The lowest BCUT2D eigenvalue weighted by Crippen LogP contribution is -2.04. The summed E-state index contributed by atoms with van der Waals surface area (Å²) in [6, 6.07) is 24.4. The third-order valence-corrected chi connectivity index (χ3v) is 5.87. The molecular weight excluding hydrogens is 501 g/mol. The number of aromatic nitrogens is 2. The fourth-order valence-electron chi connectivity index (χ4n) is 3.78. The van der Waals surface area contributed by atoms with Crippen molar-refractivity contribution in [3.63, 3.8) is 0 Å². The summed E-state index contributed by atoms with van der Waals surface area (Å²) in [4.78, 5) is 12.9. The van der Waals surface area contributed by atoms with Crippen molar-refractivity contribution in [3.8, 4) is 28.3 Å². The van der Waals surface area contributed by atoms with Gasteiger partial charge >= 0.3 is 6.18 Å². The molecule has 8 heteroatoms. The minimum atomic E-state index is -4.48. The molecule has 0 aliphatic carbocycles. The van der Waals surface area contributed by atoms with Crippen molar-refractivity contribution in [3.05, 3.63) is 125 Å². The number of hydrogen-bond acceptors (Lipinski definition) is 3. The van der Waals surface area contributed by atoms with E-state index in [2.05, 4.69) is 0 Å². The third kappa shape index (κ3) is 5.42. The van der Waals surface area contributed by atoms with Gasteiger partial charge in [0, 0.05) is 27.9 Å². The summed E-state index contributed by atoms with van der Waals surface area (Å²) in [5.41, 5.74) is 2.43. The zero-order valence-corrected chi connectivity index (χ0v) is 19.9. The summed E-state index contributed by atoms with van der Waals surface area (Å²) in [7, 11) is 0. The summed E-state index contributed by atoms with van der Waals surface area (Å²) >= 11 is 6.04. The molecule has 0 fully saturated rings. The van der Waals surface area contributed by atoms with Crippen molar-refractivity contribution in [2.24, 2.45) is 0 Å². The van der Waals surface area contributed by atoms with Gasteiger partial charge in [0.05, 0.1) is 16.9 Å². The molecule has 5 aromatic rings. The SMILES string of the molecule is O=C(/C=C/c1cn(-c2ccccc2)nc1-c1ccc(Cl)cc1)c1ccc(-c2cccc(C(F)(F)F)c2)o1. The Bertz CT molecular complexity index is 1580. The molecule has 0 atom stereocenters. The van der Waals surface area contributed by atoms with E-state index in [0.29, 0.717) is 16.3 Å². The second-order valence-corrected chi connectivity index (χ2v) is 8.60. The van der Waals surface area contributed by atoms with Crippen molar-refractivity contribution in [1.82, 2.24) is 9.78 Å². The summed E-state index contributed by atoms with van der Waals surface area (Å²) in [6.45, 7) is 0. The van der Waals surface area contributed by atoms with Crippen molar-refractivity contribution < 1.29 is 22.4 Å². The Labute approximate surface area is 215 Å². The first-order valence-electron chi connectivity index (χ1n) is 11.2. The van der Waals surface area contributed by atoms with Gasteiger partial charge in [-0.25, -0.2) is 4.68 Å². The maximum Gasteiger partial charge on any atom is 0.416 e. The lowest BCUT2D eigenvalue weighted by Gasteiger charge is -2.07. The molecule has 0 aliphatic rings. The number of allylic oxidation sites excluding steroid dienone is 1. The number of carbonyl (C=O) groups is 1. The molecule has 0 bridgehead atoms. The molecule has 2 heterocycles. The maximum atomic E-state index is 13.1. The van der Waals surface area contributed by atoms with E-state index in [0.717, 1.165) is 23.4 Å². The molecule has 184 valence electrons. The highest BCUT2D eigenvalue weighted by Gasteiger charge is 2.30. The number of carbonyl (C=O) groups excluding carboxylic acids is 1. The quantitative estimate of drug-likeness (QED) is 0.167. The van der Waals surface area contributed by atoms with E-state index >= 15 is 0 Å². The molecule has 0 aliphatic heterocycles. The highest BCUT2D eigenvalue weighted by Crippen LogP contribution is 2.33. The van der Waals surface area contributed by atoms with Crippen LogP contribution in [0.5, 0.6) is 0 Å². The highest BCUT2D eigenvalue weighted by molar-refractivity contribution is 6.30. The van der Waals surface area contributed by atoms with Crippen LogP contribution in [0.3, 0.4) is 0 Å². The van der Waals surface area contributed by atoms with E-state index in [4.69, 9.17) is 21.1 Å². The number of furan rings is 1. The first-order valence-corrected chi connectivity index (χ1v) is 11.6. The van der Waals surface area contributed by atoms with Gasteiger partial charge in [-0.3, -0.25) is 4.79 Å². The van der Waals surface area contributed by atoms with Gasteiger partial charge in [-0.1, -0.05) is 54.1 Å². The standard InChI is InChI=1S/C29H18ClF3N2O2/c30-23-12-9-19(10-13-23)28-21(18-35(34-28)24-7-2-1-3-8-24)11-14-25(36)27-16-15-26(37-27)20-5-4-6-22(17-20)29(31,32)33/h1-18H/b14-11+. The smallest absolute Gasteiger partial charge is 0.416 e. The monoisotopic (exact) mass is 518 g/mol. The van der Waals surface area contributed by atoms with Crippen molar-refractivity contribution >= 4 is 23.5 Å². The Balaban J connectivity index is 1.44. The lowest BCUT2D eigenvalue weighted by atomic mass is 10.1. The summed E-state index contributed by atoms with van der Waals surface area (Å²) in [5.74, 6) is -0.263. The van der Waals surface area contributed by atoms with Crippen LogP contribution in [-0.2, 0) is 6.18 Å². The molecule has 37 heavy (non-hydrogen) atoms. The zero-order chi connectivity index (χ0) is 26.0. The fourth-order valence-corrected chi connectivity index (χ4v) is 3.90. The van der Waals surface area contributed by atoms with Crippen LogP contribution in [-0.4, -0.2) is 15.6 Å². The third-order valence-electron chi connectivity index (χ3n) is 5.62. The van der Waals surface area contributed by atoms with E-state index in [1.54, 1.807) is 29.1 Å². The van der Waals surface area contributed by atoms with Gasteiger partial charge in [-0.2, -0.15) is 18.3 Å². The second-order valence-electron chi connectivity index (χ2n) is 8.16. The molecule has 2 aromatic heterocycles. The molecule has 0 saturated heterocycles. The van der Waals surface area contributed by atoms with E-state index in [-0.39, 0.29) is 17.1 Å². The van der Waals surface area contributed by atoms with Gasteiger partial charge in [0.15, 0.2) is 5.76 Å². The average molecular weight is 519 g/mol. The number of ketones is 1. The topological polar surface area (TPSA) is 48.0 Å². The van der Waals surface area contributed by atoms with Gasteiger partial charge in [0.1, 0.15) is 5.76 Å². The summed E-state index contributed by atoms with van der Waals surface area (Å²) in [6.07, 6.45) is 0.306. The number of alkyl halides is 3. The van der Waals surface area contributed by atoms with Crippen LogP contribution in [0.1, 0.15) is 21.7 Å². The minimum Gasteiger partial charge on any atom is -0.453 e. The summed E-state index contributed by atoms with van der Waals surface area (Å²) in [5, 5.41) is 5.29. The largest absolute Gasteiger partial charge is 0.453 e. The van der Waals surface area contributed by atoms with Crippen LogP contribution in [0.4, 0.5) is 13.2 Å². The Morgan fingerprint density at radius 1 is 0.892 bits per heavy atom. The number of halogens is 4. The first-order chi connectivity index (χ1) is 17.8. The molecule has 0 N–H and O–H groups in total. The molecule has 0 spiro atoms. The summed E-state index contributed by atoms with van der Waals surface area (Å²) < 4.78 is 46.5. The lowest BCUT2D eigenvalue weighted by molar-refractivity contribution is -0.137. The molecule has 0 amide bonds. The van der Waals surface area contributed by atoms with Crippen LogP contribution in [0, 0.1) is 0 Å². The van der Waals surface area contributed by atoms with Gasteiger partial charge in [0.25, 0.3) is 0 Å². The number of para-hydroxylation sites is 1. The molecule has 0 unspecified atom stereocenters. The predicted molar refractivity (Wildman–Crippen MR) is 137 cm³/mol. The minimum absolute atomic E-state index is 0.00663. The Kier molecular flexibility index (Phi) is 6.54. The predicted octanol–water partition coefficient (Wildman–Crippen LogP) is 8.37. The van der Waals surface area contributed by atoms with E-state index in [1.165, 1.54) is 30.3 Å². The van der Waals surface area contributed by atoms with Gasteiger partial charge in [-0.05, 0) is 60.7 Å². The number of hydrogen-bond donors (Lipinski definition) is 0. The van der Waals surface area contributed by atoms with Gasteiger partial charge in [0.2, 0.25) is 5.78 Å². The van der Waals surface area contributed by atoms with Gasteiger partial charge < -0.3 is 4.42 Å². The number of rotatable bonds is 6. The van der Waals surface area contributed by atoms with Crippen molar-refractivity contribution in [2.75, 3.05) is 0 Å². The number of benzene rings is 3. The molecule has 0 saturated carbocycles. The average Bonchev–Trinajstić information content (AvgIpc) is 3.56. The zero-order valence-electron chi connectivity index (χ0n) is 19.1. The number of nitrogens with zero attached hydrogens (tertiary/aromatic N) is 2. The van der Waals surface area contributed by atoms with Crippen LogP contribution in [0.2, 0.25) is 5.02 Å². The molecule has 0 radical (unpaired) electrons. The van der Waals surface area contributed by atoms with Crippen LogP contribution in [0.15, 0.2) is 108 Å². The van der Waals surface area contributed by atoms with Crippen LogP contribution < -0.4 is 0 Å². The van der Waals surface area contributed by atoms with Crippen molar-refractivity contribution in [2.45, 2.75) is 6.18 Å². The normalized spacial score (nSPS) is 11.8. The van der Waals surface area contributed by atoms with Crippen LogP contribution >= 0.6 is 11.6 Å². The molecule has 4 nitrogen and oxygen atoms in total. The Morgan fingerprint density at radius 3 is 2.38 bits per heavy atom. The molecular formula is C29H18ClF3N2O2. The second kappa shape index (κ2) is 9.95. The fraction of sp³-hybridized carbons (Fsp3) is 0.0345. The van der Waals surface area contributed by atoms with Crippen molar-refractivity contribution in [1.29, 1.82) is 0 Å². The Morgan fingerprint density at radius 2 is 1.65 bits per heavy atom. The van der Waals surface area contributed by atoms with E-state index in [9.17, 15) is 18.0 Å². The highest BCUT2D eigenvalue weighted by atomic mass is 35.5. The van der Waals surface area contributed by atoms with E-state index in [1.807, 2.05) is 42.5 Å². The molecule has 3 aromatic carbocycles.